The molecular weight excluding hydrogens is 286 g/mol. The van der Waals surface area contributed by atoms with Gasteiger partial charge < -0.3 is 15.5 Å². The fourth-order valence-electron chi connectivity index (χ4n) is 1.94. The zero-order valence-corrected chi connectivity index (χ0v) is 13.6. The minimum atomic E-state index is -0.336. The second-order valence-corrected chi connectivity index (χ2v) is 5.96. The number of anilines is 2. The largest absolute Gasteiger partial charge is 0.358 e. The highest BCUT2D eigenvalue weighted by atomic mass is 32.1. The van der Waals surface area contributed by atoms with E-state index in [0.717, 1.165) is 23.2 Å². The van der Waals surface area contributed by atoms with Crippen molar-refractivity contribution in [1.29, 1.82) is 0 Å². The Balaban J connectivity index is 2.28. The number of rotatable bonds is 6. The zero-order chi connectivity index (χ0) is 15.4. The zero-order valence-electron chi connectivity index (χ0n) is 12.8. The molecule has 0 aliphatic rings. The normalized spacial score (nSPS) is 12.2. The second-order valence-electron chi connectivity index (χ2n) is 5.06. The number of likely N-dealkylation sites (N-methyl/N-ethyl adjacent to an activating group) is 1. The molecule has 0 radical (unpaired) electrons. The van der Waals surface area contributed by atoms with Crippen LogP contribution in [0.25, 0.3) is 10.2 Å². The summed E-state index contributed by atoms with van der Waals surface area (Å²) in [6.07, 6.45) is 1.00. The molecule has 0 saturated heterocycles. The van der Waals surface area contributed by atoms with Crippen molar-refractivity contribution in [2.45, 2.75) is 26.3 Å². The lowest BCUT2D eigenvalue weighted by Gasteiger charge is -2.19. The Morgan fingerprint density at radius 3 is 2.86 bits per heavy atom. The summed E-state index contributed by atoms with van der Waals surface area (Å²) in [5.41, 5.74) is 0. The Morgan fingerprint density at radius 1 is 1.43 bits per heavy atom. The van der Waals surface area contributed by atoms with Crippen molar-refractivity contribution in [3.63, 3.8) is 0 Å². The van der Waals surface area contributed by atoms with E-state index in [9.17, 15) is 4.79 Å². The Hall–Kier alpha value is -1.89. The van der Waals surface area contributed by atoms with Crippen molar-refractivity contribution < 1.29 is 4.79 Å². The molecule has 2 aromatic heterocycles. The second kappa shape index (κ2) is 6.71. The SMILES string of the molecule is CCCNc1nc(NC(C)C(=O)N(C)C)c2ccsc2n1. The van der Waals surface area contributed by atoms with Gasteiger partial charge in [0.1, 0.15) is 16.7 Å². The number of hydrogen-bond donors (Lipinski definition) is 2. The molecule has 1 atom stereocenters. The lowest BCUT2D eigenvalue weighted by atomic mass is 10.3. The predicted octanol–water partition coefficient (Wildman–Crippen LogP) is 2.40. The third-order valence-electron chi connectivity index (χ3n) is 3.02. The minimum Gasteiger partial charge on any atom is -0.358 e. The van der Waals surface area contributed by atoms with Gasteiger partial charge in [0.2, 0.25) is 11.9 Å². The highest BCUT2D eigenvalue weighted by Crippen LogP contribution is 2.27. The molecule has 0 fully saturated rings. The van der Waals surface area contributed by atoms with Gasteiger partial charge in [-0.15, -0.1) is 11.3 Å². The Bertz CT molecular complexity index is 625. The molecule has 114 valence electrons. The van der Waals surface area contributed by atoms with Crippen molar-refractivity contribution in [2.24, 2.45) is 0 Å². The first-order chi connectivity index (χ1) is 10.0. The Kier molecular flexibility index (Phi) is 4.95. The van der Waals surface area contributed by atoms with E-state index in [1.165, 1.54) is 0 Å². The van der Waals surface area contributed by atoms with Gasteiger partial charge in [0.05, 0.1) is 5.39 Å². The van der Waals surface area contributed by atoms with Gasteiger partial charge in [-0.25, -0.2) is 4.98 Å². The van der Waals surface area contributed by atoms with Gasteiger partial charge >= 0.3 is 0 Å². The van der Waals surface area contributed by atoms with E-state index in [1.54, 1.807) is 30.3 Å². The Labute approximate surface area is 128 Å². The molecule has 0 aliphatic heterocycles. The fraction of sp³-hybridized carbons (Fsp3) is 0.500. The quantitative estimate of drug-likeness (QED) is 0.857. The molecule has 2 heterocycles. The molecule has 2 rings (SSSR count). The molecule has 2 N–H and O–H groups in total. The van der Waals surface area contributed by atoms with Crippen molar-refractivity contribution in [1.82, 2.24) is 14.9 Å². The molecule has 2 aromatic rings. The molecule has 0 aliphatic carbocycles. The maximum absolute atomic E-state index is 12.0. The van der Waals surface area contributed by atoms with Crippen LogP contribution in [-0.4, -0.2) is 47.5 Å². The average molecular weight is 307 g/mol. The number of amides is 1. The van der Waals surface area contributed by atoms with Gasteiger partial charge in [-0.2, -0.15) is 4.98 Å². The summed E-state index contributed by atoms with van der Waals surface area (Å²) in [7, 11) is 3.49. The van der Waals surface area contributed by atoms with Crippen LogP contribution in [0.2, 0.25) is 0 Å². The molecule has 6 nitrogen and oxygen atoms in total. The fourth-order valence-corrected chi connectivity index (χ4v) is 2.70. The van der Waals surface area contributed by atoms with Crippen molar-refractivity contribution in [3.05, 3.63) is 11.4 Å². The first kappa shape index (κ1) is 15.5. The molecule has 7 heteroatoms. The number of fused-ring (bicyclic) bond motifs is 1. The summed E-state index contributed by atoms with van der Waals surface area (Å²) in [4.78, 5) is 23.4. The predicted molar refractivity (Wildman–Crippen MR) is 88.0 cm³/mol. The average Bonchev–Trinajstić information content (AvgIpc) is 2.92. The number of aromatic nitrogens is 2. The molecule has 0 aromatic carbocycles. The van der Waals surface area contributed by atoms with Crippen LogP contribution in [0.1, 0.15) is 20.3 Å². The highest BCUT2D eigenvalue weighted by molar-refractivity contribution is 7.16. The summed E-state index contributed by atoms with van der Waals surface area (Å²) in [5.74, 6) is 1.31. The lowest BCUT2D eigenvalue weighted by molar-refractivity contribution is -0.129. The minimum absolute atomic E-state index is 0.0139. The molecule has 0 saturated carbocycles. The third-order valence-corrected chi connectivity index (χ3v) is 3.83. The van der Waals surface area contributed by atoms with Crippen molar-refractivity contribution in [2.75, 3.05) is 31.3 Å². The Morgan fingerprint density at radius 2 is 2.19 bits per heavy atom. The van der Waals surface area contributed by atoms with Crippen LogP contribution >= 0.6 is 11.3 Å². The summed E-state index contributed by atoms with van der Waals surface area (Å²) < 4.78 is 0. The summed E-state index contributed by atoms with van der Waals surface area (Å²) in [6.45, 7) is 4.75. The van der Waals surface area contributed by atoms with Gasteiger partial charge in [0.25, 0.3) is 0 Å². The van der Waals surface area contributed by atoms with Crippen LogP contribution in [0.4, 0.5) is 11.8 Å². The molecule has 0 spiro atoms. The molecular formula is C14H21N5OS. The first-order valence-electron chi connectivity index (χ1n) is 6.99. The standard InChI is InChI=1S/C14H21N5OS/c1-5-7-15-14-17-11(10-6-8-21-12(10)18-14)16-9(2)13(20)19(3)4/h6,8-9H,5,7H2,1-4H3,(H2,15,16,17,18). The molecule has 1 amide bonds. The van der Waals surface area contributed by atoms with Crippen LogP contribution in [-0.2, 0) is 4.79 Å². The highest BCUT2D eigenvalue weighted by Gasteiger charge is 2.17. The topological polar surface area (TPSA) is 70.2 Å². The third kappa shape index (κ3) is 3.60. The maximum atomic E-state index is 12.0. The van der Waals surface area contributed by atoms with Gasteiger partial charge in [-0.3, -0.25) is 4.79 Å². The van der Waals surface area contributed by atoms with Gasteiger partial charge in [-0.1, -0.05) is 6.92 Å². The van der Waals surface area contributed by atoms with E-state index in [-0.39, 0.29) is 11.9 Å². The lowest BCUT2D eigenvalue weighted by Crippen LogP contribution is -2.36. The monoisotopic (exact) mass is 307 g/mol. The van der Waals surface area contributed by atoms with Crippen LogP contribution in [0.3, 0.4) is 0 Å². The van der Waals surface area contributed by atoms with Crippen LogP contribution < -0.4 is 10.6 Å². The van der Waals surface area contributed by atoms with Gasteiger partial charge in [0, 0.05) is 20.6 Å². The number of thiophene rings is 1. The smallest absolute Gasteiger partial charge is 0.244 e. The van der Waals surface area contributed by atoms with Crippen LogP contribution in [0, 0.1) is 0 Å². The number of nitrogens with zero attached hydrogens (tertiary/aromatic N) is 3. The first-order valence-corrected chi connectivity index (χ1v) is 7.87. The van der Waals surface area contributed by atoms with E-state index in [2.05, 4.69) is 27.5 Å². The summed E-state index contributed by atoms with van der Waals surface area (Å²) in [5, 5.41) is 9.31. The van der Waals surface area contributed by atoms with E-state index < -0.39 is 0 Å². The summed E-state index contributed by atoms with van der Waals surface area (Å²) >= 11 is 1.56. The van der Waals surface area contributed by atoms with Gasteiger partial charge in [-0.05, 0) is 24.8 Å². The number of nitrogens with one attached hydrogen (secondary N) is 2. The number of hydrogen-bond acceptors (Lipinski definition) is 6. The molecule has 0 bridgehead atoms. The van der Waals surface area contributed by atoms with Crippen LogP contribution in [0.15, 0.2) is 11.4 Å². The van der Waals surface area contributed by atoms with E-state index in [0.29, 0.717) is 11.8 Å². The van der Waals surface area contributed by atoms with Gasteiger partial charge in [0.15, 0.2) is 0 Å². The summed E-state index contributed by atoms with van der Waals surface area (Å²) in [6, 6.07) is 1.63. The number of carbonyl (C=O) groups is 1. The molecule has 21 heavy (non-hydrogen) atoms. The maximum Gasteiger partial charge on any atom is 0.244 e. The van der Waals surface area contributed by atoms with Crippen molar-refractivity contribution >= 4 is 39.2 Å². The van der Waals surface area contributed by atoms with E-state index >= 15 is 0 Å². The van der Waals surface area contributed by atoms with E-state index in [4.69, 9.17) is 0 Å². The van der Waals surface area contributed by atoms with Crippen molar-refractivity contribution in [3.8, 4) is 0 Å². The van der Waals surface area contributed by atoms with E-state index in [1.807, 2.05) is 18.4 Å². The van der Waals surface area contributed by atoms with Crippen LogP contribution in [0.5, 0.6) is 0 Å². The number of carbonyl (C=O) groups excluding carboxylic acids is 1. The molecule has 1 unspecified atom stereocenters.